The molecule has 0 saturated carbocycles. The Balaban J connectivity index is 0.000000206. The number of hydrogen-bond acceptors (Lipinski definition) is 7. The summed E-state index contributed by atoms with van der Waals surface area (Å²) in [5.41, 5.74) is 0.108. The number of hydrogen-bond donors (Lipinski definition) is 0. The lowest BCUT2D eigenvalue weighted by Crippen LogP contribution is -2.43. The summed E-state index contributed by atoms with van der Waals surface area (Å²) in [6.45, 7) is 5.24. The molecule has 0 aliphatic carbocycles. The van der Waals surface area contributed by atoms with Crippen LogP contribution in [-0.2, 0) is 9.53 Å². The standard InChI is InChI=1S/C10H9ClFNO2S.C6H10N2OS/c1-13-8-4-9(6(11)3-7(8)12)16-5-10(14)15-2;9-6-8-4-2-1-3-7(8)5-10-6/h3-4H,1,5H2,2H3;1-5H2. The maximum atomic E-state index is 13.2. The lowest BCUT2D eigenvalue weighted by atomic mass is 10.2. The number of halogens is 2. The topological polar surface area (TPSA) is 62.2 Å². The molecule has 0 unspecified atom stereocenters. The molecule has 0 radical (unpaired) electrons. The molecule has 10 heteroatoms. The average Bonchev–Trinajstić information content (AvgIpc) is 3.03. The fraction of sp³-hybridized carbons (Fsp3) is 0.438. The third-order valence-corrected chi connectivity index (χ3v) is 6.01. The van der Waals surface area contributed by atoms with Crippen LogP contribution in [0, 0.1) is 5.82 Å². The van der Waals surface area contributed by atoms with Crippen LogP contribution in [0.15, 0.2) is 22.0 Å². The molecular formula is C16H19ClFN3O3S2. The molecule has 2 aliphatic rings. The first-order valence-corrected chi connectivity index (χ1v) is 10.2. The molecular weight excluding hydrogens is 401 g/mol. The van der Waals surface area contributed by atoms with Crippen LogP contribution in [0.2, 0.25) is 5.02 Å². The van der Waals surface area contributed by atoms with E-state index in [0.29, 0.717) is 4.90 Å². The Labute approximate surface area is 165 Å². The molecule has 2 aliphatic heterocycles. The number of carbonyl (C=O) groups excluding carboxylic acids is 2. The van der Waals surface area contributed by atoms with Crippen molar-refractivity contribution in [1.82, 2.24) is 10.0 Å². The Hall–Kier alpha value is -1.29. The second-order valence-electron chi connectivity index (χ2n) is 5.36. The van der Waals surface area contributed by atoms with Crippen LogP contribution in [0.25, 0.3) is 0 Å². The third-order valence-electron chi connectivity index (χ3n) is 3.67. The van der Waals surface area contributed by atoms with E-state index in [9.17, 15) is 14.0 Å². The largest absolute Gasteiger partial charge is 0.468 e. The predicted molar refractivity (Wildman–Crippen MR) is 104 cm³/mol. The predicted octanol–water partition coefficient (Wildman–Crippen LogP) is 4.20. The van der Waals surface area contributed by atoms with Crippen LogP contribution in [0.5, 0.6) is 0 Å². The van der Waals surface area contributed by atoms with Gasteiger partial charge in [0.2, 0.25) is 0 Å². The van der Waals surface area contributed by atoms with E-state index in [2.05, 4.69) is 21.5 Å². The Morgan fingerprint density at radius 3 is 2.85 bits per heavy atom. The highest BCUT2D eigenvalue weighted by molar-refractivity contribution is 8.13. The highest BCUT2D eigenvalue weighted by Crippen LogP contribution is 2.33. The van der Waals surface area contributed by atoms with Crippen LogP contribution in [0.4, 0.5) is 14.9 Å². The fourth-order valence-corrected chi connectivity index (χ4v) is 4.29. The zero-order chi connectivity index (χ0) is 19.1. The van der Waals surface area contributed by atoms with Gasteiger partial charge in [0.05, 0.1) is 29.4 Å². The molecule has 3 rings (SSSR count). The first-order valence-electron chi connectivity index (χ1n) is 7.80. The number of methoxy groups -OCH3 is 1. The van der Waals surface area contributed by atoms with Gasteiger partial charge in [0, 0.05) is 18.0 Å². The highest BCUT2D eigenvalue weighted by atomic mass is 35.5. The number of nitrogens with zero attached hydrogens (tertiary/aromatic N) is 3. The summed E-state index contributed by atoms with van der Waals surface area (Å²) in [5.74, 6) is 0.0676. The number of aliphatic imine (C=N–C) groups is 1. The second-order valence-corrected chi connectivity index (χ2v) is 7.68. The monoisotopic (exact) mass is 419 g/mol. The first kappa shape index (κ1) is 21.0. The smallest absolute Gasteiger partial charge is 0.315 e. The molecule has 0 spiro atoms. The highest BCUT2D eigenvalue weighted by Gasteiger charge is 2.31. The molecule has 1 aromatic carbocycles. The number of hydrazine groups is 1. The summed E-state index contributed by atoms with van der Waals surface area (Å²) < 4.78 is 17.7. The van der Waals surface area contributed by atoms with Gasteiger partial charge in [-0.1, -0.05) is 11.6 Å². The summed E-state index contributed by atoms with van der Waals surface area (Å²) in [6, 6.07) is 2.59. The van der Waals surface area contributed by atoms with Crippen molar-refractivity contribution in [3.05, 3.63) is 23.0 Å². The van der Waals surface area contributed by atoms with Crippen LogP contribution in [0.1, 0.15) is 12.8 Å². The van der Waals surface area contributed by atoms with Crippen LogP contribution < -0.4 is 0 Å². The first-order chi connectivity index (χ1) is 12.5. The van der Waals surface area contributed by atoms with Crippen molar-refractivity contribution in [2.45, 2.75) is 17.7 Å². The number of esters is 1. The van der Waals surface area contributed by atoms with Crippen molar-refractivity contribution in [2.75, 3.05) is 31.8 Å². The number of rotatable bonds is 4. The number of thioether (sulfide) groups is 2. The molecule has 0 N–H and O–H groups in total. The summed E-state index contributed by atoms with van der Waals surface area (Å²) in [7, 11) is 1.30. The lowest BCUT2D eigenvalue weighted by Gasteiger charge is -2.30. The van der Waals surface area contributed by atoms with Crippen molar-refractivity contribution >= 4 is 58.7 Å². The van der Waals surface area contributed by atoms with Gasteiger partial charge in [-0.3, -0.25) is 19.6 Å². The van der Waals surface area contributed by atoms with Crippen molar-refractivity contribution in [2.24, 2.45) is 4.99 Å². The van der Waals surface area contributed by atoms with Crippen molar-refractivity contribution in [1.29, 1.82) is 0 Å². The van der Waals surface area contributed by atoms with E-state index in [1.165, 1.54) is 37.8 Å². The van der Waals surface area contributed by atoms with Crippen molar-refractivity contribution < 1.29 is 18.7 Å². The quantitative estimate of drug-likeness (QED) is 0.414. The van der Waals surface area contributed by atoms with E-state index in [4.69, 9.17) is 11.6 Å². The molecule has 1 amide bonds. The maximum Gasteiger partial charge on any atom is 0.315 e. The van der Waals surface area contributed by atoms with Crippen LogP contribution in [0.3, 0.4) is 0 Å². The summed E-state index contributed by atoms with van der Waals surface area (Å²) in [4.78, 5) is 26.0. The summed E-state index contributed by atoms with van der Waals surface area (Å²) in [5, 5.41) is 4.48. The molecule has 6 nitrogen and oxygen atoms in total. The molecule has 2 heterocycles. The summed E-state index contributed by atoms with van der Waals surface area (Å²) in [6.07, 6.45) is 2.41. The van der Waals surface area contributed by atoms with E-state index in [1.807, 2.05) is 5.01 Å². The molecule has 2 fully saturated rings. The zero-order valence-corrected chi connectivity index (χ0v) is 16.6. The van der Waals surface area contributed by atoms with Gasteiger partial charge in [0.25, 0.3) is 5.24 Å². The average molecular weight is 420 g/mol. The Morgan fingerprint density at radius 1 is 1.46 bits per heavy atom. The number of benzene rings is 1. The van der Waals surface area contributed by atoms with E-state index in [-0.39, 0.29) is 27.7 Å². The Kier molecular flexibility index (Phi) is 8.20. The molecule has 0 bridgehead atoms. The number of carbonyl (C=O) groups is 2. The number of amides is 1. The van der Waals surface area contributed by atoms with Gasteiger partial charge in [0.15, 0.2) is 0 Å². The minimum absolute atomic E-state index is 0.108. The van der Waals surface area contributed by atoms with Gasteiger partial charge >= 0.3 is 5.97 Å². The van der Waals surface area contributed by atoms with Gasteiger partial charge in [-0.15, -0.1) is 11.8 Å². The minimum Gasteiger partial charge on any atom is -0.468 e. The maximum absolute atomic E-state index is 13.2. The zero-order valence-electron chi connectivity index (χ0n) is 14.2. The molecule has 142 valence electrons. The molecule has 1 aromatic rings. The molecule has 0 aromatic heterocycles. The fourth-order valence-electron chi connectivity index (χ4n) is 2.31. The van der Waals surface area contributed by atoms with Gasteiger partial charge in [0.1, 0.15) is 5.82 Å². The number of ether oxygens (including phenoxy) is 1. The van der Waals surface area contributed by atoms with E-state index >= 15 is 0 Å². The third kappa shape index (κ3) is 5.60. The van der Waals surface area contributed by atoms with Crippen LogP contribution >= 0.6 is 35.1 Å². The molecule has 0 atom stereocenters. The van der Waals surface area contributed by atoms with E-state index in [0.717, 1.165) is 36.8 Å². The van der Waals surface area contributed by atoms with E-state index < -0.39 is 5.82 Å². The normalized spacial score (nSPS) is 16.6. The lowest BCUT2D eigenvalue weighted by molar-refractivity contribution is -0.137. The number of fused-ring (bicyclic) bond motifs is 1. The van der Waals surface area contributed by atoms with Gasteiger partial charge < -0.3 is 4.74 Å². The van der Waals surface area contributed by atoms with Crippen molar-refractivity contribution in [3.8, 4) is 0 Å². The Morgan fingerprint density at radius 2 is 2.19 bits per heavy atom. The molecule has 26 heavy (non-hydrogen) atoms. The summed E-state index contributed by atoms with van der Waals surface area (Å²) >= 11 is 8.38. The van der Waals surface area contributed by atoms with Crippen LogP contribution in [-0.4, -0.2) is 59.8 Å². The van der Waals surface area contributed by atoms with Gasteiger partial charge in [-0.25, -0.2) is 9.40 Å². The van der Waals surface area contributed by atoms with Gasteiger partial charge in [-0.05, 0) is 43.5 Å². The van der Waals surface area contributed by atoms with Crippen molar-refractivity contribution in [3.63, 3.8) is 0 Å². The van der Waals surface area contributed by atoms with E-state index in [1.54, 1.807) is 0 Å². The SMILES string of the molecule is C=Nc1cc(SCC(=O)OC)c(Cl)cc1F.O=C1SCN2CCCCN12. The minimum atomic E-state index is -0.539. The molecule has 2 saturated heterocycles. The Bertz CT molecular complexity index is 693. The second kappa shape index (κ2) is 10.1. The van der Waals surface area contributed by atoms with Gasteiger partial charge in [-0.2, -0.15) is 0 Å².